The minimum atomic E-state index is -4.92. The summed E-state index contributed by atoms with van der Waals surface area (Å²) in [5.41, 5.74) is 0. The average Bonchev–Trinajstić information content (AvgIpc) is 2.34. The molecule has 11 heteroatoms. The fourth-order valence-corrected chi connectivity index (χ4v) is 2.24. The number of halogens is 5. The van der Waals surface area contributed by atoms with Crippen molar-refractivity contribution in [2.75, 3.05) is 6.54 Å². The number of benzene rings is 1. The summed E-state index contributed by atoms with van der Waals surface area (Å²) in [5.74, 6) is -0.630. The van der Waals surface area contributed by atoms with Crippen LogP contribution in [0.1, 0.15) is 0 Å². The van der Waals surface area contributed by atoms with Crippen LogP contribution < -0.4 is 9.46 Å². The molecule has 0 amide bonds. The Morgan fingerprint density at radius 3 is 2.14 bits per heavy atom. The first kappa shape index (κ1) is 17.6. The van der Waals surface area contributed by atoms with Gasteiger partial charge in [-0.1, -0.05) is 0 Å². The zero-order valence-electron chi connectivity index (χ0n) is 10.1. The topological polar surface area (TPSA) is 75.6 Å². The summed E-state index contributed by atoms with van der Waals surface area (Å²) in [6, 6.07) is 3.12. The number of ether oxygens (including phenoxy) is 1. The summed E-state index contributed by atoms with van der Waals surface area (Å²) in [7, 11) is -4.23. The van der Waals surface area contributed by atoms with E-state index in [-0.39, 0.29) is 0 Å². The van der Waals surface area contributed by atoms with Gasteiger partial charge in [0, 0.05) is 6.54 Å². The van der Waals surface area contributed by atoms with Crippen molar-refractivity contribution in [2.24, 2.45) is 0 Å². The Kier molecular flexibility index (Phi) is 5.48. The molecule has 1 aromatic rings. The third-order valence-corrected chi connectivity index (χ3v) is 3.58. The lowest BCUT2D eigenvalue weighted by molar-refractivity contribution is -0.274. The lowest BCUT2D eigenvalue weighted by Gasteiger charge is -2.12. The summed E-state index contributed by atoms with van der Waals surface area (Å²) < 4.78 is 88.2. The first-order chi connectivity index (χ1) is 9.51. The standard InChI is InChI=1S/C10H10F5NO4S/c11-9(12)8(17)5-16-21(18,19)7-3-1-6(2-4-7)20-10(13,14)15/h1-4,8-9,16-17H,5H2. The molecule has 0 radical (unpaired) electrons. The predicted octanol–water partition coefficient (Wildman–Crippen LogP) is 1.49. The van der Waals surface area contributed by atoms with E-state index in [2.05, 4.69) is 4.74 Å². The molecule has 2 N–H and O–H groups in total. The first-order valence-electron chi connectivity index (χ1n) is 5.33. The van der Waals surface area contributed by atoms with Crippen molar-refractivity contribution < 1.29 is 40.2 Å². The number of hydrogen-bond donors (Lipinski definition) is 2. The van der Waals surface area contributed by atoms with E-state index in [1.165, 1.54) is 0 Å². The number of aliphatic hydroxyl groups excluding tert-OH is 1. The predicted molar refractivity (Wildman–Crippen MR) is 60.3 cm³/mol. The van der Waals surface area contributed by atoms with Gasteiger partial charge in [-0.2, -0.15) is 0 Å². The molecule has 0 saturated carbocycles. The summed E-state index contributed by atoms with van der Waals surface area (Å²) in [5, 5.41) is 8.79. The van der Waals surface area contributed by atoms with Crippen LogP contribution in [-0.4, -0.2) is 39.0 Å². The Balaban J connectivity index is 2.76. The van der Waals surface area contributed by atoms with Crippen molar-refractivity contribution in [3.8, 4) is 5.75 Å². The van der Waals surface area contributed by atoms with Crippen LogP contribution in [0.15, 0.2) is 29.2 Å². The van der Waals surface area contributed by atoms with Crippen LogP contribution in [0.5, 0.6) is 5.75 Å². The van der Waals surface area contributed by atoms with E-state index >= 15 is 0 Å². The molecule has 21 heavy (non-hydrogen) atoms. The number of hydrogen-bond acceptors (Lipinski definition) is 4. The smallest absolute Gasteiger partial charge is 0.406 e. The van der Waals surface area contributed by atoms with Crippen LogP contribution in [0.2, 0.25) is 0 Å². The van der Waals surface area contributed by atoms with E-state index in [0.717, 1.165) is 24.3 Å². The second-order valence-corrected chi connectivity index (χ2v) is 5.54. The Morgan fingerprint density at radius 1 is 1.19 bits per heavy atom. The lowest BCUT2D eigenvalue weighted by atomic mass is 10.3. The van der Waals surface area contributed by atoms with Crippen molar-refractivity contribution in [3.05, 3.63) is 24.3 Å². The number of nitrogens with one attached hydrogen (secondary N) is 1. The molecule has 0 spiro atoms. The van der Waals surface area contributed by atoms with Crippen molar-refractivity contribution >= 4 is 10.0 Å². The summed E-state index contributed by atoms with van der Waals surface area (Å²) in [6.45, 7) is -0.930. The van der Waals surface area contributed by atoms with Gasteiger partial charge in [0.05, 0.1) is 4.90 Å². The minimum absolute atomic E-state index is 0.460. The number of alkyl halides is 5. The lowest BCUT2D eigenvalue weighted by Crippen LogP contribution is -2.35. The summed E-state index contributed by atoms with van der Waals surface area (Å²) in [6.07, 6.45) is -10.2. The Morgan fingerprint density at radius 2 is 1.71 bits per heavy atom. The maximum Gasteiger partial charge on any atom is 0.573 e. The highest BCUT2D eigenvalue weighted by atomic mass is 32.2. The van der Waals surface area contributed by atoms with Crippen molar-refractivity contribution in [2.45, 2.75) is 23.8 Å². The molecule has 0 aliphatic rings. The van der Waals surface area contributed by atoms with Gasteiger partial charge in [-0.25, -0.2) is 21.9 Å². The van der Waals surface area contributed by atoms with E-state index in [1.807, 2.05) is 0 Å². The van der Waals surface area contributed by atoms with E-state index in [1.54, 1.807) is 4.72 Å². The first-order valence-corrected chi connectivity index (χ1v) is 6.81. The Labute approximate surface area is 116 Å². The maximum atomic E-state index is 12.0. The summed E-state index contributed by atoms with van der Waals surface area (Å²) in [4.78, 5) is -0.460. The Bertz CT molecular complexity index is 558. The summed E-state index contributed by atoms with van der Waals surface area (Å²) >= 11 is 0. The fourth-order valence-electron chi connectivity index (χ4n) is 1.19. The van der Waals surface area contributed by atoms with E-state index < -0.39 is 46.1 Å². The van der Waals surface area contributed by atoms with Gasteiger partial charge in [0.15, 0.2) is 0 Å². The van der Waals surface area contributed by atoms with Crippen LogP contribution in [0.3, 0.4) is 0 Å². The molecule has 1 unspecified atom stereocenters. The monoisotopic (exact) mass is 335 g/mol. The van der Waals surface area contributed by atoms with Crippen LogP contribution >= 0.6 is 0 Å². The number of aliphatic hydroxyl groups is 1. The molecular formula is C10H10F5NO4S. The van der Waals surface area contributed by atoms with Gasteiger partial charge in [0.2, 0.25) is 10.0 Å². The van der Waals surface area contributed by atoms with Crippen LogP contribution in [-0.2, 0) is 10.0 Å². The van der Waals surface area contributed by atoms with Gasteiger partial charge in [0.1, 0.15) is 11.9 Å². The molecule has 0 fully saturated rings. The molecule has 5 nitrogen and oxygen atoms in total. The fraction of sp³-hybridized carbons (Fsp3) is 0.400. The molecule has 1 rings (SSSR count). The Hall–Kier alpha value is -1.46. The highest BCUT2D eigenvalue weighted by Crippen LogP contribution is 2.23. The highest BCUT2D eigenvalue weighted by Gasteiger charge is 2.31. The zero-order valence-corrected chi connectivity index (χ0v) is 11.0. The second kappa shape index (κ2) is 6.54. The third-order valence-electron chi connectivity index (χ3n) is 2.14. The van der Waals surface area contributed by atoms with Crippen molar-refractivity contribution in [1.82, 2.24) is 4.72 Å². The van der Waals surface area contributed by atoms with Crippen molar-refractivity contribution in [3.63, 3.8) is 0 Å². The molecule has 120 valence electrons. The van der Waals surface area contributed by atoms with E-state index in [9.17, 15) is 30.4 Å². The zero-order chi connectivity index (χ0) is 16.3. The average molecular weight is 335 g/mol. The van der Waals surface area contributed by atoms with E-state index in [0.29, 0.717) is 0 Å². The van der Waals surface area contributed by atoms with Crippen LogP contribution in [0.4, 0.5) is 22.0 Å². The molecular weight excluding hydrogens is 325 g/mol. The quantitative estimate of drug-likeness (QED) is 0.773. The van der Waals surface area contributed by atoms with Gasteiger partial charge in [0.25, 0.3) is 6.43 Å². The normalized spacial score (nSPS) is 14.2. The molecule has 0 aromatic heterocycles. The SMILES string of the molecule is O=S(=O)(NCC(O)C(F)F)c1ccc(OC(F)(F)F)cc1. The highest BCUT2D eigenvalue weighted by molar-refractivity contribution is 7.89. The van der Waals surface area contributed by atoms with Crippen molar-refractivity contribution in [1.29, 1.82) is 0 Å². The van der Waals surface area contributed by atoms with Gasteiger partial charge in [-0.15, -0.1) is 13.2 Å². The third kappa shape index (κ3) is 5.81. The van der Waals surface area contributed by atoms with Crippen LogP contribution in [0, 0.1) is 0 Å². The molecule has 0 bridgehead atoms. The molecule has 0 aliphatic carbocycles. The molecule has 0 heterocycles. The largest absolute Gasteiger partial charge is 0.573 e. The van der Waals surface area contributed by atoms with E-state index in [4.69, 9.17) is 5.11 Å². The van der Waals surface area contributed by atoms with Gasteiger partial charge in [-0.05, 0) is 24.3 Å². The minimum Gasteiger partial charge on any atom is -0.406 e. The van der Waals surface area contributed by atoms with Crippen LogP contribution in [0.25, 0.3) is 0 Å². The van der Waals surface area contributed by atoms with Gasteiger partial charge in [-0.3, -0.25) is 0 Å². The van der Waals surface area contributed by atoms with Gasteiger partial charge < -0.3 is 9.84 Å². The molecule has 1 atom stereocenters. The second-order valence-electron chi connectivity index (χ2n) is 3.77. The number of sulfonamides is 1. The molecule has 0 saturated heterocycles. The maximum absolute atomic E-state index is 12.0. The number of rotatable bonds is 6. The molecule has 0 aliphatic heterocycles. The van der Waals surface area contributed by atoms with Gasteiger partial charge >= 0.3 is 6.36 Å². The molecule has 1 aromatic carbocycles.